The Hall–Kier alpha value is -1.26. The Kier molecular flexibility index (Phi) is 5.26. The van der Waals surface area contributed by atoms with Gasteiger partial charge in [0.2, 0.25) is 0 Å². The number of nitrogens with zero attached hydrogens (tertiary/aromatic N) is 1. The average Bonchev–Trinajstić information content (AvgIpc) is 2.78. The highest BCUT2D eigenvalue weighted by atomic mass is 16.5. The molecule has 0 unspecified atom stereocenters. The summed E-state index contributed by atoms with van der Waals surface area (Å²) >= 11 is 0. The van der Waals surface area contributed by atoms with E-state index in [1.165, 1.54) is 26.4 Å². The number of fused-ring (bicyclic) bond motifs is 1. The molecule has 114 valence electrons. The maximum Gasteiger partial charge on any atom is 0.317 e. The van der Waals surface area contributed by atoms with Crippen LogP contribution >= 0.6 is 0 Å². The van der Waals surface area contributed by atoms with Crippen LogP contribution in [-0.4, -0.2) is 42.6 Å². The summed E-state index contributed by atoms with van der Waals surface area (Å²) in [6, 6.07) is 0.805. The molecule has 2 amide bonds. The maximum atomic E-state index is 12.3. The van der Waals surface area contributed by atoms with Gasteiger partial charge in [-0.2, -0.15) is 0 Å². The van der Waals surface area contributed by atoms with E-state index in [2.05, 4.69) is 17.0 Å². The molecule has 1 saturated carbocycles. The average molecular weight is 282 g/mol. The van der Waals surface area contributed by atoms with Crippen LogP contribution in [-0.2, 0) is 9.53 Å². The fourth-order valence-electron chi connectivity index (χ4n) is 3.68. The minimum Gasteiger partial charge on any atom is -0.469 e. The van der Waals surface area contributed by atoms with E-state index < -0.39 is 0 Å². The molecule has 5 heteroatoms. The van der Waals surface area contributed by atoms with E-state index in [0.29, 0.717) is 37.4 Å². The van der Waals surface area contributed by atoms with Crippen LogP contribution in [0.5, 0.6) is 0 Å². The van der Waals surface area contributed by atoms with Gasteiger partial charge in [0.25, 0.3) is 0 Å². The van der Waals surface area contributed by atoms with Gasteiger partial charge in [0, 0.05) is 25.0 Å². The molecule has 2 rings (SSSR count). The highest BCUT2D eigenvalue weighted by Crippen LogP contribution is 2.39. The molecular weight excluding hydrogens is 256 g/mol. The summed E-state index contributed by atoms with van der Waals surface area (Å²) in [5, 5.41) is 2.95. The normalized spacial score (nSPS) is 28.9. The van der Waals surface area contributed by atoms with Gasteiger partial charge in [0.1, 0.15) is 0 Å². The third-order valence-corrected chi connectivity index (χ3v) is 4.64. The van der Waals surface area contributed by atoms with Crippen LogP contribution in [0.1, 0.15) is 51.9 Å². The second kappa shape index (κ2) is 6.95. The number of ether oxygens (including phenoxy) is 1. The lowest BCUT2D eigenvalue weighted by Crippen LogP contribution is -2.47. The summed E-state index contributed by atoms with van der Waals surface area (Å²) in [7, 11) is 1.38. The standard InChI is InChI=1S/C15H26N2O3/c1-11-10-12-6-3-4-7-13(12)17(11)15(19)16-9-5-8-14(18)20-2/h11-13H,3-10H2,1-2H3,(H,16,19)/t11-,12-,13+/m1/s1. The molecule has 1 aliphatic carbocycles. The van der Waals surface area contributed by atoms with Crippen LogP contribution in [0.4, 0.5) is 4.79 Å². The number of hydrogen-bond donors (Lipinski definition) is 1. The molecule has 0 bridgehead atoms. The molecule has 1 heterocycles. The number of methoxy groups -OCH3 is 1. The molecule has 20 heavy (non-hydrogen) atoms. The Balaban J connectivity index is 1.78. The van der Waals surface area contributed by atoms with Gasteiger partial charge < -0.3 is 15.0 Å². The molecule has 2 fully saturated rings. The number of carbonyl (C=O) groups is 2. The Morgan fingerprint density at radius 1 is 1.30 bits per heavy atom. The van der Waals surface area contributed by atoms with Gasteiger partial charge in [0.05, 0.1) is 7.11 Å². The Morgan fingerprint density at radius 2 is 2.05 bits per heavy atom. The summed E-state index contributed by atoms with van der Waals surface area (Å²) in [6.45, 7) is 2.68. The van der Waals surface area contributed by atoms with E-state index in [-0.39, 0.29) is 12.0 Å². The number of nitrogens with one attached hydrogen (secondary N) is 1. The maximum absolute atomic E-state index is 12.3. The third kappa shape index (κ3) is 3.44. The lowest BCUT2D eigenvalue weighted by molar-refractivity contribution is -0.140. The topological polar surface area (TPSA) is 58.6 Å². The number of urea groups is 1. The van der Waals surface area contributed by atoms with Crippen molar-refractivity contribution in [3.63, 3.8) is 0 Å². The Labute approximate surface area is 121 Å². The fraction of sp³-hybridized carbons (Fsp3) is 0.867. The molecule has 0 aromatic rings. The van der Waals surface area contributed by atoms with Gasteiger partial charge in [0.15, 0.2) is 0 Å². The molecular formula is C15H26N2O3. The van der Waals surface area contributed by atoms with Crippen molar-refractivity contribution in [2.24, 2.45) is 5.92 Å². The molecule has 1 N–H and O–H groups in total. The van der Waals surface area contributed by atoms with Crippen molar-refractivity contribution >= 4 is 12.0 Å². The van der Waals surface area contributed by atoms with Crippen molar-refractivity contribution in [2.45, 2.75) is 64.0 Å². The van der Waals surface area contributed by atoms with Gasteiger partial charge in [-0.15, -0.1) is 0 Å². The molecule has 0 spiro atoms. The predicted molar refractivity (Wildman–Crippen MR) is 76.3 cm³/mol. The molecule has 0 aromatic carbocycles. The highest BCUT2D eigenvalue weighted by molar-refractivity contribution is 5.75. The lowest BCUT2D eigenvalue weighted by Gasteiger charge is -2.33. The summed E-state index contributed by atoms with van der Waals surface area (Å²) in [5.74, 6) is 0.473. The lowest BCUT2D eigenvalue weighted by atomic mass is 9.85. The minimum absolute atomic E-state index is 0.0387. The van der Waals surface area contributed by atoms with Crippen molar-refractivity contribution in [3.05, 3.63) is 0 Å². The summed E-state index contributed by atoms with van der Waals surface area (Å²) in [5.41, 5.74) is 0. The molecule has 0 aromatic heterocycles. The largest absolute Gasteiger partial charge is 0.469 e. The van der Waals surface area contributed by atoms with E-state index in [4.69, 9.17) is 0 Å². The fourth-order valence-corrected chi connectivity index (χ4v) is 3.68. The molecule has 0 radical (unpaired) electrons. The third-order valence-electron chi connectivity index (χ3n) is 4.64. The number of rotatable bonds is 4. The van der Waals surface area contributed by atoms with E-state index >= 15 is 0 Å². The van der Waals surface area contributed by atoms with Crippen LogP contribution in [0.2, 0.25) is 0 Å². The SMILES string of the molecule is COC(=O)CCCNC(=O)N1[C@H](C)C[C@H]2CCCC[C@@H]21. The van der Waals surface area contributed by atoms with Crippen molar-refractivity contribution in [2.75, 3.05) is 13.7 Å². The van der Waals surface area contributed by atoms with Gasteiger partial charge >= 0.3 is 12.0 Å². The zero-order valence-electron chi connectivity index (χ0n) is 12.6. The first kappa shape index (κ1) is 15.1. The molecule has 1 saturated heterocycles. The predicted octanol–water partition coefficient (Wildman–Crippen LogP) is 2.30. The highest BCUT2D eigenvalue weighted by Gasteiger charge is 2.42. The second-order valence-corrected chi connectivity index (χ2v) is 6.02. The van der Waals surface area contributed by atoms with Gasteiger partial charge in [-0.05, 0) is 38.5 Å². The van der Waals surface area contributed by atoms with E-state index in [9.17, 15) is 9.59 Å². The first-order valence-electron chi connectivity index (χ1n) is 7.76. The van der Waals surface area contributed by atoms with E-state index in [1.54, 1.807) is 0 Å². The van der Waals surface area contributed by atoms with Crippen molar-refractivity contribution < 1.29 is 14.3 Å². The van der Waals surface area contributed by atoms with Gasteiger partial charge in [-0.25, -0.2) is 4.79 Å². The quantitative estimate of drug-likeness (QED) is 0.636. The van der Waals surface area contributed by atoms with Crippen LogP contribution < -0.4 is 5.32 Å². The van der Waals surface area contributed by atoms with Crippen LogP contribution in [0.15, 0.2) is 0 Å². The minimum atomic E-state index is -0.221. The molecule has 2 aliphatic rings. The van der Waals surface area contributed by atoms with E-state index in [1.807, 2.05) is 4.90 Å². The molecule has 3 atom stereocenters. The number of esters is 1. The Bertz CT molecular complexity index is 359. The summed E-state index contributed by atoms with van der Waals surface area (Å²) in [6.07, 6.45) is 7.08. The number of carbonyl (C=O) groups excluding carboxylic acids is 2. The van der Waals surface area contributed by atoms with Crippen LogP contribution in [0.25, 0.3) is 0 Å². The smallest absolute Gasteiger partial charge is 0.317 e. The monoisotopic (exact) mass is 282 g/mol. The van der Waals surface area contributed by atoms with Gasteiger partial charge in [-0.1, -0.05) is 12.8 Å². The van der Waals surface area contributed by atoms with Crippen LogP contribution in [0, 0.1) is 5.92 Å². The number of likely N-dealkylation sites (tertiary alicyclic amines) is 1. The Morgan fingerprint density at radius 3 is 2.80 bits per heavy atom. The number of amides is 2. The first-order chi connectivity index (χ1) is 9.63. The number of hydrogen-bond acceptors (Lipinski definition) is 3. The second-order valence-electron chi connectivity index (χ2n) is 6.02. The summed E-state index contributed by atoms with van der Waals surface area (Å²) in [4.78, 5) is 25.4. The van der Waals surface area contributed by atoms with Crippen molar-refractivity contribution in [3.8, 4) is 0 Å². The van der Waals surface area contributed by atoms with E-state index in [0.717, 1.165) is 12.8 Å². The summed E-state index contributed by atoms with van der Waals surface area (Å²) < 4.78 is 4.58. The first-order valence-corrected chi connectivity index (χ1v) is 7.76. The molecule has 1 aliphatic heterocycles. The van der Waals surface area contributed by atoms with Gasteiger partial charge in [-0.3, -0.25) is 4.79 Å². The zero-order chi connectivity index (χ0) is 14.5. The zero-order valence-corrected chi connectivity index (χ0v) is 12.6. The van der Waals surface area contributed by atoms with Crippen LogP contribution in [0.3, 0.4) is 0 Å². The molecule has 5 nitrogen and oxygen atoms in total. The van der Waals surface area contributed by atoms with Crippen molar-refractivity contribution in [1.82, 2.24) is 10.2 Å². The van der Waals surface area contributed by atoms with Crippen molar-refractivity contribution in [1.29, 1.82) is 0 Å².